The Morgan fingerprint density at radius 1 is 1.35 bits per heavy atom. The van der Waals surface area contributed by atoms with Crippen molar-refractivity contribution < 1.29 is 14.6 Å². The molecule has 1 aliphatic rings. The van der Waals surface area contributed by atoms with Crippen molar-refractivity contribution in [3.8, 4) is 5.75 Å². The van der Waals surface area contributed by atoms with E-state index in [2.05, 4.69) is 38.8 Å². The molecule has 0 heterocycles. The number of carboxylic acids is 1. The minimum atomic E-state index is -0.943. The van der Waals surface area contributed by atoms with Gasteiger partial charge in [-0.3, -0.25) is 0 Å². The third-order valence-corrected chi connectivity index (χ3v) is 5.02. The molecule has 1 N–H and O–H groups in total. The summed E-state index contributed by atoms with van der Waals surface area (Å²) in [4.78, 5) is 11.0. The van der Waals surface area contributed by atoms with Crippen LogP contribution in [0.1, 0.15) is 49.4 Å². The molecule has 0 bridgehead atoms. The van der Waals surface area contributed by atoms with Gasteiger partial charge in [0.25, 0.3) is 0 Å². The van der Waals surface area contributed by atoms with E-state index in [0.29, 0.717) is 14.7 Å². The molecule has 2 unspecified atom stereocenters. The Kier molecular flexibility index (Phi) is 5.49. The number of aromatic carboxylic acids is 1. The van der Waals surface area contributed by atoms with Crippen LogP contribution in [0.2, 0.25) is 0 Å². The summed E-state index contributed by atoms with van der Waals surface area (Å²) in [6, 6.07) is 3.17. The Bertz CT molecular complexity index is 479. The van der Waals surface area contributed by atoms with Crippen LogP contribution in [0.25, 0.3) is 0 Å². The molecule has 0 radical (unpaired) electrons. The molecule has 0 amide bonds. The van der Waals surface area contributed by atoms with Crippen molar-refractivity contribution >= 4 is 37.8 Å². The average molecular weight is 406 g/mol. The number of rotatable bonds is 4. The highest BCUT2D eigenvalue weighted by atomic mass is 79.9. The van der Waals surface area contributed by atoms with Crippen molar-refractivity contribution in [3.63, 3.8) is 0 Å². The second-order valence-corrected chi connectivity index (χ2v) is 6.96. The van der Waals surface area contributed by atoms with Gasteiger partial charge >= 0.3 is 5.97 Å². The Morgan fingerprint density at radius 2 is 2.00 bits per heavy atom. The van der Waals surface area contributed by atoms with Crippen molar-refractivity contribution in [1.29, 1.82) is 0 Å². The SMILES string of the molecule is CCC1CCCC(Oc2c(Br)cc(C(=O)O)cc2Br)C1. The van der Waals surface area contributed by atoms with Gasteiger partial charge in [0.05, 0.1) is 20.6 Å². The summed E-state index contributed by atoms with van der Waals surface area (Å²) < 4.78 is 7.46. The Hall–Kier alpha value is -0.550. The van der Waals surface area contributed by atoms with Gasteiger partial charge in [-0.25, -0.2) is 4.79 Å². The first-order chi connectivity index (χ1) is 9.51. The van der Waals surface area contributed by atoms with Gasteiger partial charge in [-0.1, -0.05) is 19.8 Å². The number of carboxylic acid groups (broad SMARTS) is 1. The molecule has 3 nitrogen and oxygen atoms in total. The normalized spacial score (nSPS) is 22.6. The van der Waals surface area contributed by atoms with Crippen molar-refractivity contribution in [2.24, 2.45) is 5.92 Å². The molecule has 0 aliphatic heterocycles. The van der Waals surface area contributed by atoms with E-state index in [4.69, 9.17) is 9.84 Å². The van der Waals surface area contributed by atoms with Crippen LogP contribution in [0.3, 0.4) is 0 Å². The zero-order valence-electron chi connectivity index (χ0n) is 11.4. The third-order valence-electron chi connectivity index (χ3n) is 3.84. The van der Waals surface area contributed by atoms with Crippen LogP contribution in [-0.4, -0.2) is 17.2 Å². The van der Waals surface area contributed by atoms with Crippen LogP contribution in [0.5, 0.6) is 5.75 Å². The first kappa shape index (κ1) is 15.8. The van der Waals surface area contributed by atoms with Gasteiger partial charge in [-0.15, -0.1) is 0 Å². The van der Waals surface area contributed by atoms with Crippen LogP contribution in [0.4, 0.5) is 0 Å². The van der Waals surface area contributed by atoms with E-state index in [9.17, 15) is 4.79 Å². The van der Waals surface area contributed by atoms with Crippen molar-refractivity contribution in [3.05, 3.63) is 26.6 Å². The van der Waals surface area contributed by atoms with Crippen molar-refractivity contribution in [1.82, 2.24) is 0 Å². The summed E-state index contributed by atoms with van der Waals surface area (Å²) in [6.45, 7) is 2.22. The minimum Gasteiger partial charge on any atom is -0.488 e. The van der Waals surface area contributed by atoms with Crippen molar-refractivity contribution in [2.45, 2.75) is 45.1 Å². The van der Waals surface area contributed by atoms with Gasteiger partial charge in [0.15, 0.2) is 0 Å². The monoisotopic (exact) mass is 404 g/mol. The molecule has 1 saturated carbocycles. The minimum absolute atomic E-state index is 0.219. The van der Waals surface area contributed by atoms with E-state index in [1.165, 1.54) is 19.3 Å². The first-order valence-corrected chi connectivity index (χ1v) is 8.48. The zero-order chi connectivity index (χ0) is 14.7. The highest BCUT2D eigenvalue weighted by Crippen LogP contribution is 2.38. The zero-order valence-corrected chi connectivity index (χ0v) is 14.5. The van der Waals surface area contributed by atoms with Crippen LogP contribution in [0, 0.1) is 5.92 Å². The molecule has 1 aromatic rings. The third kappa shape index (κ3) is 3.76. The maximum atomic E-state index is 11.0. The summed E-state index contributed by atoms with van der Waals surface area (Å²) in [5, 5.41) is 9.03. The highest BCUT2D eigenvalue weighted by molar-refractivity contribution is 9.11. The molecular weight excluding hydrogens is 388 g/mol. The van der Waals surface area contributed by atoms with Crippen molar-refractivity contribution in [2.75, 3.05) is 0 Å². The molecule has 0 aromatic heterocycles. The largest absolute Gasteiger partial charge is 0.488 e. The summed E-state index contributed by atoms with van der Waals surface area (Å²) in [5.74, 6) is 0.503. The van der Waals surface area contributed by atoms with Gasteiger partial charge < -0.3 is 9.84 Å². The van der Waals surface area contributed by atoms with Gasteiger partial charge in [0.2, 0.25) is 0 Å². The fourth-order valence-electron chi connectivity index (χ4n) is 2.68. The standard InChI is InChI=1S/C15H18Br2O3/c1-2-9-4-3-5-11(6-9)20-14-12(16)7-10(15(18)19)8-13(14)17/h7-9,11H,2-6H2,1H3,(H,18,19). The summed E-state index contributed by atoms with van der Waals surface area (Å²) in [7, 11) is 0. The molecule has 20 heavy (non-hydrogen) atoms. The lowest BCUT2D eigenvalue weighted by Gasteiger charge is -2.29. The second-order valence-electron chi connectivity index (χ2n) is 5.25. The van der Waals surface area contributed by atoms with Gasteiger partial charge in [-0.2, -0.15) is 0 Å². The molecule has 0 spiro atoms. The lowest BCUT2D eigenvalue weighted by molar-refractivity contribution is 0.0696. The predicted octanol–water partition coefficient (Wildman–Crippen LogP) is 5.26. The number of benzene rings is 1. The first-order valence-electron chi connectivity index (χ1n) is 6.90. The number of hydrogen-bond acceptors (Lipinski definition) is 2. The molecule has 2 atom stereocenters. The molecule has 2 rings (SSSR count). The Balaban J connectivity index is 2.15. The van der Waals surface area contributed by atoms with E-state index in [1.807, 2.05) is 0 Å². The average Bonchev–Trinajstić information content (AvgIpc) is 2.42. The molecule has 5 heteroatoms. The van der Waals surface area contributed by atoms with Crippen LogP contribution in [-0.2, 0) is 0 Å². The number of hydrogen-bond donors (Lipinski definition) is 1. The topological polar surface area (TPSA) is 46.5 Å². The molecule has 110 valence electrons. The van der Waals surface area contributed by atoms with E-state index < -0.39 is 5.97 Å². The highest BCUT2D eigenvalue weighted by Gasteiger charge is 2.24. The van der Waals surface area contributed by atoms with Gasteiger partial charge in [-0.05, 0) is 69.2 Å². The van der Waals surface area contributed by atoms with Gasteiger partial charge in [0, 0.05) is 0 Å². The quantitative estimate of drug-likeness (QED) is 0.743. The summed E-state index contributed by atoms with van der Waals surface area (Å²) >= 11 is 6.81. The maximum absolute atomic E-state index is 11.0. The van der Waals surface area contributed by atoms with Crippen LogP contribution < -0.4 is 4.74 Å². The smallest absolute Gasteiger partial charge is 0.335 e. The van der Waals surface area contributed by atoms with Crippen LogP contribution >= 0.6 is 31.9 Å². The van der Waals surface area contributed by atoms with Crippen LogP contribution in [0.15, 0.2) is 21.1 Å². The second kappa shape index (κ2) is 6.94. The van der Waals surface area contributed by atoms with E-state index in [-0.39, 0.29) is 11.7 Å². The molecule has 0 saturated heterocycles. The van der Waals surface area contributed by atoms with E-state index >= 15 is 0 Å². The maximum Gasteiger partial charge on any atom is 0.335 e. The number of ether oxygens (including phenoxy) is 1. The van der Waals surface area contributed by atoms with E-state index in [1.54, 1.807) is 12.1 Å². The molecule has 1 fully saturated rings. The van der Waals surface area contributed by atoms with E-state index in [0.717, 1.165) is 18.8 Å². The fourth-order valence-corrected chi connectivity index (χ4v) is 4.06. The lowest BCUT2D eigenvalue weighted by Crippen LogP contribution is -2.25. The number of carbonyl (C=O) groups is 1. The molecule has 1 aliphatic carbocycles. The lowest BCUT2D eigenvalue weighted by atomic mass is 9.85. The predicted molar refractivity (Wildman–Crippen MR) is 85.5 cm³/mol. The molecular formula is C15H18Br2O3. The van der Waals surface area contributed by atoms with Gasteiger partial charge in [0.1, 0.15) is 5.75 Å². The fraction of sp³-hybridized carbons (Fsp3) is 0.533. The number of halogens is 2. The summed E-state index contributed by atoms with van der Waals surface area (Å²) in [6.07, 6.45) is 6.05. The molecule has 1 aromatic carbocycles. The Morgan fingerprint density at radius 3 is 2.55 bits per heavy atom. The summed E-state index contributed by atoms with van der Waals surface area (Å²) in [5.41, 5.74) is 0.242. The Labute approximate surface area is 136 Å².